The highest BCUT2D eigenvalue weighted by atomic mass is 35.5. The van der Waals surface area contributed by atoms with E-state index >= 15 is 0 Å². The Morgan fingerprint density at radius 1 is 1.12 bits per heavy atom. The van der Waals surface area contributed by atoms with Gasteiger partial charge >= 0.3 is 0 Å². The van der Waals surface area contributed by atoms with Crippen molar-refractivity contribution in [2.75, 3.05) is 12.4 Å². The van der Waals surface area contributed by atoms with Gasteiger partial charge in [0.25, 0.3) is 5.91 Å². The van der Waals surface area contributed by atoms with Gasteiger partial charge in [-0.25, -0.2) is 4.98 Å². The minimum absolute atomic E-state index is 0.0557. The molecule has 174 valence electrons. The van der Waals surface area contributed by atoms with Crippen molar-refractivity contribution in [2.24, 2.45) is 0 Å². The van der Waals surface area contributed by atoms with Crippen LogP contribution in [-0.2, 0) is 6.42 Å². The molecule has 0 saturated heterocycles. The molecule has 4 rings (SSSR count). The highest BCUT2D eigenvalue weighted by molar-refractivity contribution is 6.35. The van der Waals surface area contributed by atoms with Gasteiger partial charge in [0.1, 0.15) is 10.9 Å². The number of hydrogen-bond donors (Lipinski definition) is 2. The van der Waals surface area contributed by atoms with Crippen LogP contribution in [0.3, 0.4) is 0 Å². The summed E-state index contributed by atoms with van der Waals surface area (Å²) in [6.45, 7) is 4.19. The van der Waals surface area contributed by atoms with Gasteiger partial charge in [0.05, 0.1) is 17.7 Å². The number of ether oxygens (including phenoxy) is 1. The van der Waals surface area contributed by atoms with Gasteiger partial charge in [0.2, 0.25) is 0 Å². The highest BCUT2D eigenvalue weighted by Gasteiger charge is 2.28. The molecule has 8 heteroatoms. The summed E-state index contributed by atoms with van der Waals surface area (Å²) in [5, 5.41) is 6.56. The van der Waals surface area contributed by atoms with Crippen LogP contribution in [0.2, 0.25) is 10.2 Å². The lowest BCUT2D eigenvalue weighted by molar-refractivity contribution is 0.102. The normalized spacial score (nSPS) is 15.3. The van der Waals surface area contributed by atoms with E-state index in [1.54, 1.807) is 37.5 Å². The average Bonchev–Trinajstić information content (AvgIpc) is 2.80. The second-order valence-corrected chi connectivity index (χ2v) is 9.45. The molecular formula is C26H23Cl2N3O3. The van der Waals surface area contributed by atoms with Crippen molar-refractivity contribution in [3.05, 3.63) is 93.2 Å². The van der Waals surface area contributed by atoms with Gasteiger partial charge in [-0.3, -0.25) is 9.59 Å². The van der Waals surface area contributed by atoms with Gasteiger partial charge in [-0.1, -0.05) is 29.3 Å². The minimum atomic E-state index is -0.444. The van der Waals surface area contributed by atoms with Crippen LogP contribution < -0.4 is 15.4 Å². The highest BCUT2D eigenvalue weighted by Crippen LogP contribution is 2.32. The molecule has 2 heterocycles. The Balaban J connectivity index is 1.55. The van der Waals surface area contributed by atoms with E-state index in [0.29, 0.717) is 16.3 Å². The molecular weight excluding hydrogens is 473 g/mol. The van der Waals surface area contributed by atoms with Crippen molar-refractivity contribution in [1.82, 2.24) is 10.3 Å². The first-order chi connectivity index (χ1) is 16.1. The topological polar surface area (TPSA) is 80.3 Å². The number of nitrogens with one attached hydrogen (secondary N) is 2. The van der Waals surface area contributed by atoms with Gasteiger partial charge in [0, 0.05) is 40.3 Å². The number of fused-ring (bicyclic) bond motifs is 1. The second-order valence-electron chi connectivity index (χ2n) is 8.65. The number of anilines is 1. The predicted molar refractivity (Wildman–Crippen MR) is 135 cm³/mol. The maximum Gasteiger partial charge on any atom is 0.258 e. The van der Waals surface area contributed by atoms with Crippen molar-refractivity contribution in [3.8, 4) is 5.75 Å². The van der Waals surface area contributed by atoms with E-state index in [0.717, 1.165) is 29.0 Å². The summed E-state index contributed by atoms with van der Waals surface area (Å²) in [5.74, 6) is 0.128. The lowest BCUT2D eigenvalue weighted by Crippen LogP contribution is -2.43. The molecule has 6 nitrogen and oxygen atoms in total. The second kappa shape index (κ2) is 9.49. The third-order valence-electron chi connectivity index (χ3n) is 5.47. The lowest BCUT2D eigenvalue weighted by Gasteiger charge is -2.35. The van der Waals surface area contributed by atoms with E-state index in [1.165, 1.54) is 12.3 Å². The van der Waals surface area contributed by atoms with Gasteiger partial charge in [-0.2, -0.15) is 0 Å². The minimum Gasteiger partial charge on any atom is -0.497 e. The van der Waals surface area contributed by atoms with Gasteiger partial charge in [-0.05, 0) is 68.3 Å². The number of hydrogen-bond acceptors (Lipinski definition) is 5. The molecule has 2 aromatic carbocycles. The smallest absolute Gasteiger partial charge is 0.258 e. The number of pyridine rings is 1. The fourth-order valence-corrected chi connectivity index (χ4v) is 4.21. The fourth-order valence-electron chi connectivity index (χ4n) is 3.87. The SMILES string of the molecule is COc1ccc2c(c1)C(=CC(=O)c1ccc(NC(=O)c3cc(Cl)cnc3Cl)cc1)NC(C)(C)C2. The summed E-state index contributed by atoms with van der Waals surface area (Å²) in [4.78, 5) is 29.4. The van der Waals surface area contributed by atoms with E-state index in [1.807, 2.05) is 18.2 Å². The molecule has 0 atom stereocenters. The van der Waals surface area contributed by atoms with E-state index < -0.39 is 5.91 Å². The predicted octanol–water partition coefficient (Wildman–Crippen LogP) is 5.80. The molecule has 0 fully saturated rings. The number of rotatable bonds is 5. The standard InChI is InChI=1S/C26H23Cl2N3O3/c1-26(2)13-16-6-9-19(34-3)11-20(16)22(31-26)12-23(32)15-4-7-18(8-5-15)30-25(33)21-10-17(27)14-29-24(21)28/h4-12,14,31H,13H2,1-3H3,(H,30,33). The molecule has 3 aromatic rings. The molecule has 1 amide bonds. The molecule has 0 bridgehead atoms. The molecule has 2 N–H and O–H groups in total. The fraction of sp³-hybridized carbons (Fsp3) is 0.192. The first kappa shape index (κ1) is 23.8. The van der Waals surface area contributed by atoms with Crippen LogP contribution in [-0.4, -0.2) is 29.3 Å². The molecule has 0 radical (unpaired) electrons. The van der Waals surface area contributed by atoms with Crippen LogP contribution in [0, 0.1) is 0 Å². The zero-order valence-corrected chi connectivity index (χ0v) is 20.4. The zero-order valence-electron chi connectivity index (χ0n) is 18.9. The quantitative estimate of drug-likeness (QED) is 0.265. The van der Waals surface area contributed by atoms with Crippen molar-refractivity contribution < 1.29 is 14.3 Å². The average molecular weight is 496 g/mol. The van der Waals surface area contributed by atoms with E-state index in [9.17, 15) is 9.59 Å². The van der Waals surface area contributed by atoms with Crippen LogP contribution in [0.15, 0.2) is 60.8 Å². The Morgan fingerprint density at radius 3 is 2.56 bits per heavy atom. The van der Waals surface area contributed by atoms with E-state index in [2.05, 4.69) is 29.5 Å². The molecule has 0 spiro atoms. The third-order valence-corrected chi connectivity index (χ3v) is 5.97. The molecule has 1 aliphatic heterocycles. The largest absolute Gasteiger partial charge is 0.497 e. The van der Waals surface area contributed by atoms with Crippen LogP contribution in [0.25, 0.3) is 5.70 Å². The molecule has 0 aliphatic carbocycles. The van der Waals surface area contributed by atoms with Crippen LogP contribution >= 0.6 is 23.2 Å². The Labute approximate surface area is 207 Å². The lowest BCUT2D eigenvalue weighted by atomic mass is 9.85. The van der Waals surface area contributed by atoms with Gasteiger partial charge < -0.3 is 15.4 Å². The summed E-state index contributed by atoms with van der Waals surface area (Å²) in [6, 6.07) is 14.0. The van der Waals surface area contributed by atoms with Crippen molar-refractivity contribution in [1.29, 1.82) is 0 Å². The monoisotopic (exact) mass is 495 g/mol. The number of benzene rings is 2. The zero-order chi connectivity index (χ0) is 24.5. The van der Waals surface area contributed by atoms with Crippen LogP contribution in [0.5, 0.6) is 5.75 Å². The maximum absolute atomic E-state index is 13.0. The van der Waals surface area contributed by atoms with Gasteiger partial charge in [0.15, 0.2) is 5.78 Å². The first-order valence-electron chi connectivity index (χ1n) is 10.6. The molecule has 1 aliphatic rings. The summed E-state index contributed by atoms with van der Waals surface area (Å²) >= 11 is 11.9. The number of amides is 1. The summed E-state index contributed by atoms with van der Waals surface area (Å²) in [7, 11) is 1.62. The molecule has 0 saturated carbocycles. The third kappa shape index (κ3) is 5.24. The van der Waals surface area contributed by atoms with E-state index in [4.69, 9.17) is 27.9 Å². The Kier molecular flexibility index (Phi) is 6.64. The summed E-state index contributed by atoms with van der Waals surface area (Å²) in [5.41, 5.74) is 3.81. The van der Waals surface area contributed by atoms with E-state index in [-0.39, 0.29) is 22.0 Å². The van der Waals surface area contributed by atoms with Crippen molar-refractivity contribution in [2.45, 2.75) is 25.8 Å². The molecule has 34 heavy (non-hydrogen) atoms. The number of halogens is 2. The first-order valence-corrected chi connectivity index (χ1v) is 11.3. The van der Waals surface area contributed by atoms with Crippen LogP contribution in [0.4, 0.5) is 5.69 Å². The number of methoxy groups -OCH3 is 1. The Bertz CT molecular complexity index is 1300. The Hall–Kier alpha value is -3.35. The summed E-state index contributed by atoms with van der Waals surface area (Å²) in [6.07, 6.45) is 3.80. The number of nitrogens with zero attached hydrogens (tertiary/aromatic N) is 1. The maximum atomic E-state index is 13.0. The van der Waals surface area contributed by atoms with Crippen molar-refractivity contribution in [3.63, 3.8) is 0 Å². The van der Waals surface area contributed by atoms with Crippen LogP contribution in [0.1, 0.15) is 45.7 Å². The van der Waals surface area contributed by atoms with Gasteiger partial charge in [-0.15, -0.1) is 0 Å². The number of carbonyl (C=O) groups is 2. The Morgan fingerprint density at radius 2 is 1.85 bits per heavy atom. The summed E-state index contributed by atoms with van der Waals surface area (Å²) < 4.78 is 5.37. The van der Waals surface area contributed by atoms with Crippen molar-refractivity contribution >= 4 is 46.3 Å². The number of ketones is 1. The number of allylic oxidation sites excluding steroid dienone is 1. The molecule has 0 unspecified atom stereocenters. The molecule has 1 aromatic heterocycles. The number of aromatic nitrogens is 1. The number of carbonyl (C=O) groups excluding carboxylic acids is 2.